The van der Waals surface area contributed by atoms with Crippen LogP contribution < -0.4 is 0 Å². The monoisotopic (exact) mass is 435 g/mol. The summed E-state index contributed by atoms with van der Waals surface area (Å²) in [4.78, 5) is 28.1. The fourth-order valence-electron chi connectivity index (χ4n) is 4.36. The SMILES string of the molecule is CCOC(=O)[C@@]1(Cc2ccccc2F)CCCN(C(=O)c2cccc(-n3cccn3)c2)C1. The van der Waals surface area contributed by atoms with Crippen molar-refractivity contribution in [2.75, 3.05) is 19.7 Å². The third-order valence-electron chi connectivity index (χ3n) is 5.92. The first-order valence-corrected chi connectivity index (χ1v) is 10.8. The van der Waals surface area contributed by atoms with Crippen molar-refractivity contribution in [2.24, 2.45) is 5.41 Å². The van der Waals surface area contributed by atoms with E-state index in [1.54, 1.807) is 53.0 Å². The van der Waals surface area contributed by atoms with E-state index in [0.717, 1.165) is 5.69 Å². The maximum Gasteiger partial charge on any atom is 0.314 e. The third-order valence-corrected chi connectivity index (χ3v) is 5.92. The fourth-order valence-corrected chi connectivity index (χ4v) is 4.36. The Balaban J connectivity index is 1.61. The van der Waals surface area contributed by atoms with E-state index in [1.807, 2.05) is 24.4 Å². The summed E-state index contributed by atoms with van der Waals surface area (Å²) in [6, 6.07) is 15.5. The predicted molar refractivity (Wildman–Crippen MR) is 118 cm³/mol. The molecule has 1 aliphatic rings. The van der Waals surface area contributed by atoms with Gasteiger partial charge in [-0.2, -0.15) is 5.10 Å². The van der Waals surface area contributed by atoms with E-state index in [4.69, 9.17) is 4.74 Å². The number of ether oxygens (including phenoxy) is 1. The van der Waals surface area contributed by atoms with Gasteiger partial charge in [-0.05, 0) is 62.1 Å². The van der Waals surface area contributed by atoms with Crippen molar-refractivity contribution >= 4 is 11.9 Å². The summed E-state index contributed by atoms with van der Waals surface area (Å²) in [6.07, 6.45) is 4.85. The third kappa shape index (κ3) is 4.42. The summed E-state index contributed by atoms with van der Waals surface area (Å²) in [5, 5.41) is 4.22. The minimum Gasteiger partial charge on any atom is -0.466 e. The van der Waals surface area contributed by atoms with E-state index in [0.29, 0.717) is 30.5 Å². The molecule has 32 heavy (non-hydrogen) atoms. The van der Waals surface area contributed by atoms with Gasteiger partial charge in [-0.3, -0.25) is 9.59 Å². The molecule has 0 bridgehead atoms. The van der Waals surface area contributed by atoms with Crippen molar-refractivity contribution in [3.63, 3.8) is 0 Å². The van der Waals surface area contributed by atoms with Crippen molar-refractivity contribution in [1.29, 1.82) is 0 Å². The smallest absolute Gasteiger partial charge is 0.314 e. The summed E-state index contributed by atoms with van der Waals surface area (Å²) < 4.78 is 21.5. The highest BCUT2D eigenvalue weighted by atomic mass is 19.1. The van der Waals surface area contributed by atoms with Crippen LogP contribution in [0.4, 0.5) is 4.39 Å². The molecule has 3 aromatic rings. The number of amides is 1. The number of halogens is 1. The molecule has 1 saturated heterocycles. The van der Waals surface area contributed by atoms with Crippen molar-refractivity contribution in [3.05, 3.63) is 83.9 Å². The van der Waals surface area contributed by atoms with Crippen molar-refractivity contribution in [3.8, 4) is 5.69 Å². The number of benzene rings is 2. The zero-order valence-electron chi connectivity index (χ0n) is 18.0. The van der Waals surface area contributed by atoms with E-state index < -0.39 is 5.41 Å². The molecule has 1 atom stereocenters. The lowest BCUT2D eigenvalue weighted by Crippen LogP contribution is -2.51. The Labute approximate surface area is 186 Å². The first-order valence-electron chi connectivity index (χ1n) is 10.8. The summed E-state index contributed by atoms with van der Waals surface area (Å²) in [7, 11) is 0. The molecule has 166 valence electrons. The Morgan fingerprint density at radius 3 is 2.75 bits per heavy atom. The first kappa shape index (κ1) is 21.7. The normalized spacial score (nSPS) is 18.4. The van der Waals surface area contributed by atoms with Gasteiger partial charge in [0.2, 0.25) is 0 Å². The van der Waals surface area contributed by atoms with E-state index in [9.17, 15) is 14.0 Å². The van der Waals surface area contributed by atoms with Crippen molar-refractivity contribution in [2.45, 2.75) is 26.2 Å². The number of aromatic nitrogens is 2. The largest absolute Gasteiger partial charge is 0.466 e. The molecule has 1 aromatic heterocycles. The van der Waals surface area contributed by atoms with Crippen molar-refractivity contribution in [1.82, 2.24) is 14.7 Å². The highest BCUT2D eigenvalue weighted by molar-refractivity contribution is 5.95. The quantitative estimate of drug-likeness (QED) is 0.548. The number of hydrogen-bond donors (Lipinski definition) is 0. The van der Waals surface area contributed by atoms with Crippen LogP contribution in [0.25, 0.3) is 5.69 Å². The molecule has 1 aliphatic heterocycles. The lowest BCUT2D eigenvalue weighted by atomic mass is 9.74. The van der Waals surface area contributed by atoms with E-state index >= 15 is 0 Å². The molecule has 7 heteroatoms. The molecular weight excluding hydrogens is 409 g/mol. The second-order valence-electron chi connectivity index (χ2n) is 8.10. The molecule has 1 fully saturated rings. The Morgan fingerprint density at radius 1 is 1.16 bits per heavy atom. The van der Waals surface area contributed by atoms with Crippen LogP contribution in [-0.4, -0.2) is 46.3 Å². The van der Waals surface area contributed by atoms with Crippen LogP contribution in [0, 0.1) is 11.2 Å². The molecule has 2 aromatic carbocycles. The average molecular weight is 435 g/mol. The maximum atomic E-state index is 14.4. The summed E-state index contributed by atoms with van der Waals surface area (Å²) >= 11 is 0. The molecule has 0 unspecified atom stereocenters. The molecule has 6 nitrogen and oxygen atoms in total. The zero-order valence-corrected chi connectivity index (χ0v) is 18.0. The average Bonchev–Trinajstić information content (AvgIpc) is 3.36. The second kappa shape index (κ2) is 9.34. The van der Waals surface area contributed by atoms with E-state index in [-0.39, 0.29) is 37.3 Å². The number of esters is 1. The molecule has 0 saturated carbocycles. The van der Waals surface area contributed by atoms with Crippen LogP contribution in [0.15, 0.2) is 67.0 Å². The van der Waals surface area contributed by atoms with Gasteiger partial charge < -0.3 is 9.64 Å². The van der Waals surface area contributed by atoms with Gasteiger partial charge in [0.25, 0.3) is 5.91 Å². The topological polar surface area (TPSA) is 64.4 Å². The number of hydrogen-bond acceptors (Lipinski definition) is 4. The van der Waals surface area contributed by atoms with Gasteiger partial charge in [0.05, 0.1) is 17.7 Å². The van der Waals surface area contributed by atoms with Crippen LogP contribution in [0.1, 0.15) is 35.7 Å². The number of carbonyl (C=O) groups is 2. The summed E-state index contributed by atoms with van der Waals surface area (Å²) in [5.41, 5.74) is 0.770. The number of likely N-dealkylation sites (tertiary alicyclic amines) is 1. The summed E-state index contributed by atoms with van der Waals surface area (Å²) in [5.74, 6) is -0.904. The molecule has 0 radical (unpaired) electrons. The minimum absolute atomic E-state index is 0.166. The highest BCUT2D eigenvalue weighted by Crippen LogP contribution is 2.36. The molecule has 4 rings (SSSR count). The van der Waals surface area contributed by atoms with Crippen LogP contribution in [0.2, 0.25) is 0 Å². The lowest BCUT2D eigenvalue weighted by molar-refractivity contribution is -0.158. The number of carbonyl (C=O) groups excluding carboxylic acids is 2. The van der Waals surface area contributed by atoms with Gasteiger partial charge in [-0.25, -0.2) is 9.07 Å². The molecule has 2 heterocycles. The predicted octanol–water partition coefficient (Wildman–Crippen LogP) is 4.04. The number of nitrogens with zero attached hydrogens (tertiary/aromatic N) is 3. The standard InChI is InChI=1S/C25H26FN3O3/c1-2-32-24(31)25(17-20-8-3-4-11-22(20)26)12-6-14-28(18-25)23(30)19-9-5-10-21(16-19)29-15-7-13-27-29/h3-5,7-11,13,15-16H,2,6,12,14,17-18H2,1H3/t25-/m1/s1. The van der Waals surface area contributed by atoms with Gasteiger partial charge in [-0.15, -0.1) is 0 Å². The number of piperidine rings is 1. The molecule has 0 aliphatic carbocycles. The Bertz CT molecular complexity index is 1100. The summed E-state index contributed by atoms with van der Waals surface area (Å²) in [6.45, 7) is 2.70. The van der Waals surface area contributed by atoms with Gasteiger partial charge in [0, 0.05) is 31.0 Å². The van der Waals surface area contributed by atoms with Crippen molar-refractivity contribution < 1.29 is 18.7 Å². The van der Waals surface area contributed by atoms with Crippen LogP contribution in [-0.2, 0) is 16.0 Å². The molecular formula is C25H26FN3O3. The van der Waals surface area contributed by atoms with Gasteiger partial charge >= 0.3 is 5.97 Å². The highest BCUT2D eigenvalue weighted by Gasteiger charge is 2.45. The van der Waals surface area contributed by atoms with Crippen LogP contribution in [0.3, 0.4) is 0 Å². The first-order chi connectivity index (χ1) is 15.5. The van der Waals surface area contributed by atoms with E-state index in [1.165, 1.54) is 6.07 Å². The zero-order chi connectivity index (χ0) is 22.6. The Kier molecular flexibility index (Phi) is 6.35. The van der Waals surface area contributed by atoms with Gasteiger partial charge in [0.15, 0.2) is 0 Å². The van der Waals surface area contributed by atoms with Crippen LogP contribution >= 0.6 is 0 Å². The Morgan fingerprint density at radius 2 is 2.00 bits per heavy atom. The fraction of sp³-hybridized carbons (Fsp3) is 0.320. The molecule has 0 N–H and O–H groups in total. The lowest BCUT2D eigenvalue weighted by Gasteiger charge is -2.41. The van der Waals surface area contributed by atoms with Gasteiger partial charge in [-0.1, -0.05) is 24.3 Å². The molecule has 0 spiro atoms. The minimum atomic E-state index is -0.980. The molecule has 1 amide bonds. The van der Waals surface area contributed by atoms with E-state index in [2.05, 4.69) is 5.10 Å². The maximum absolute atomic E-state index is 14.4. The number of rotatable bonds is 6. The van der Waals surface area contributed by atoms with Crippen LogP contribution in [0.5, 0.6) is 0 Å². The Hall–Kier alpha value is -3.48. The van der Waals surface area contributed by atoms with Gasteiger partial charge in [0.1, 0.15) is 5.82 Å². The second-order valence-corrected chi connectivity index (χ2v) is 8.10.